The Morgan fingerprint density at radius 1 is 1.31 bits per heavy atom. The number of aryl methyl sites for hydroxylation is 1. The fraction of sp³-hybridized carbons (Fsp3) is 0.412. The minimum atomic E-state index is 0.198. The third kappa shape index (κ3) is 3.62. The van der Waals surface area contributed by atoms with E-state index in [4.69, 9.17) is 16.3 Å². The lowest BCUT2D eigenvalue weighted by atomic mass is 10.2. The summed E-state index contributed by atoms with van der Waals surface area (Å²) in [5.74, 6) is 0.656. The fourth-order valence-electron chi connectivity index (χ4n) is 2.97. The lowest BCUT2D eigenvalue weighted by molar-refractivity contribution is 0.0912. The van der Waals surface area contributed by atoms with Crippen molar-refractivity contribution >= 4 is 23.4 Å². The number of rotatable bonds is 6. The van der Waals surface area contributed by atoms with Crippen molar-refractivity contribution in [2.45, 2.75) is 43.3 Å². The summed E-state index contributed by atoms with van der Waals surface area (Å²) in [4.78, 5) is 0. The second-order valence-corrected chi connectivity index (χ2v) is 7.47. The summed E-state index contributed by atoms with van der Waals surface area (Å²) in [7, 11) is 0. The van der Waals surface area contributed by atoms with Gasteiger partial charge in [-0.2, -0.15) is 5.10 Å². The summed E-state index contributed by atoms with van der Waals surface area (Å²) in [6.45, 7) is 3.48. The fourth-order valence-corrected chi connectivity index (χ4v) is 4.36. The van der Waals surface area contributed by atoms with Crippen molar-refractivity contribution in [3.63, 3.8) is 0 Å². The number of para-hydroxylation sites is 1. The molecule has 0 unspecified atom stereocenters. The maximum Gasteiger partial charge on any atom is 0.209 e. The molecule has 9 heteroatoms. The Morgan fingerprint density at radius 3 is 2.92 bits per heavy atom. The van der Waals surface area contributed by atoms with Crippen LogP contribution in [0.15, 0.2) is 35.5 Å². The summed E-state index contributed by atoms with van der Waals surface area (Å²) < 4.78 is 9.25. The smallest absolute Gasteiger partial charge is 0.209 e. The van der Waals surface area contributed by atoms with Gasteiger partial charge in [0.05, 0.1) is 24.0 Å². The van der Waals surface area contributed by atoms with Gasteiger partial charge in [0.25, 0.3) is 0 Å². The zero-order chi connectivity index (χ0) is 17.9. The molecule has 3 aromatic rings. The molecule has 4 rings (SSSR count). The third-order valence-electron chi connectivity index (χ3n) is 4.37. The van der Waals surface area contributed by atoms with Gasteiger partial charge in [-0.05, 0) is 42.3 Å². The first-order chi connectivity index (χ1) is 12.7. The van der Waals surface area contributed by atoms with Crippen molar-refractivity contribution in [1.29, 1.82) is 0 Å². The van der Waals surface area contributed by atoms with E-state index in [2.05, 4.69) is 20.6 Å². The van der Waals surface area contributed by atoms with Crippen molar-refractivity contribution in [2.24, 2.45) is 0 Å². The Labute approximate surface area is 160 Å². The van der Waals surface area contributed by atoms with Crippen LogP contribution in [0, 0.1) is 6.92 Å². The highest BCUT2D eigenvalue weighted by molar-refractivity contribution is 7.98. The molecule has 0 spiro atoms. The predicted octanol–water partition coefficient (Wildman–Crippen LogP) is 3.29. The van der Waals surface area contributed by atoms with E-state index in [0.717, 1.165) is 41.5 Å². The molecule has 26 heavy (non-hydrogen) atoms. The van der Waals surface area contributed by atoms with Crippen LogP contribution >= 0.6 is 23.4 Å². The SMILES string of the molecule is Cc1nn(-c2ccccc2)c(Cl)c1CSc1nnnn1C[C@@H]1CCCO1. The lowest BCUT2D eigenvalue weighted by Gasteiger charge is -2.10. The molecule has 3 heterocycles. The molecule has 1 saturated heterocycles. The number of hydrogen-bond acceptors (Lipinski definition) is 6. The number of hydrogen-bond donors (Lipinski definition) is 0. The molecule has 0 amide bonds. The molecule has 7 nitrogen and oxygen atoms in total. The highest BCUT2D eigenvalue weighted by Gasteiger charge is 2.20. The normalized spacial score (nSPS) is 17.1. The molecule has 0 N–H and O–H groups in total. The Bertz CT molecular complexity index is 875. The Hall–Kier alpha value is -1.90. The zero-order valence-electron chi connectivity index (χ0n) is 14.4. The molecule has 1 aromatic carbocycles. The number of tetrazole rings is 1. The molecule has 0 bridgehead atoms. The van der Waals surface area contributed by atoms with Gasteiger partial charge in [-0.3, -0.25) is 0 Å². The number of benzene rings is 1. The molecular weight excluding hydrogens is 372 g/mol. The van der Waals surface area contributed by atoms with Crippen LogP contribution in [0.1, 0.15) is 24.1 Å². The topological polar surface area (TPSA) is 70.7 Å². The van der Waals surface area contributed by atoms with Gasteiger partial charge in [0, 0.05) is 17.9 Å². The van der Waals surface area contributed by atoms with Gasteiger partial charge in [0.2, 0.25) is 5.16 Å². The van der Waals surface area contributed by atoms with E-state index in [1.807, 2.05) is 41.9 Å². The average molecular weight is 391 g/mol. The van der Waals surface area contributed by atoms with Crippen molar-refractivity contribution < 1.29 is 4.74 Å². The Kier molecular flexibility index (Phi) is 5.23. The Balaban J connectivity index is 1.49. The van der Waals surface area contributed by atoms with E-state index in [-0.39, 0.29) is 6.10 Å². The second-order valence-electron chi connectivity index (χ2n) is 6.17. The first kappa shape index (κ1) is 17.5. The van der Waals surface area contributed by atoms with E-state index in [1.54, 1.807) is 16.4 Å². The largest absolute Gasteiger partial charge is 0.376 e. The van der Waals surface area contributed by atoms with E-state index in [0.29, 0.717) is 17.5 Å². The van der Waals surface area contributed by atoms with Crippen molar-refractivity contribution in [3.8, 4) is 5.69 Å². The third-order valence-corrected chi connectivity index (χ3v) is 5.74. The number of halogens is 1. The number of nitrogens with zero attached hydrogens (tertiary/aromatic N) is 6. The van der Waals surface area contributed by atoms with Crippen molar-refractivity contribution in [2.75, 3.05) is 6.61 Å². The van der Waals surface area contributed by atoms with Crippen LogP contribution in [-0.4, -0.2) is 42.7 Å². The average Bonchev–Trinajstić information content (AvgIpc) is 3.38. The summed E-state index contributed by atoms with van der Waals surface area (Å²) in [5, 5.41) is 18.0. The predicted molar refractivity (Wildman–Crippen MR) is 99.7 cm³/mol. The number of ether oxygens (including phenoxy) is 1. The molecule has 1 aliphatic rings. The molecular formula is C17H19ClN6OS. The Morgan fingerprint density at radius 2 is 2.15 bits per heavy atom. The van der Waals surface area contributed by atoms with Crippen LogP contribution in [-0.2, 0) is 17.0 Å². The van der Waals surface area contributed by atoms with Gasteiger partial charge in [-0.15, -0.1) is 5.10 Å². The summed E-state index contributed by atoms with van der Waals surface area (Å²) in [5.41, 5.74) is 2.84. The molecule has 1 aliphatic heterocycles. The summed E-state index contributed by atoms with van der Waals surface area (Å²) in [6, 6.07) is 9.87. The monoisotopic (exact) mass is 390 g/mol. The van der Waals surface area contributed by atoms with E-state index < -0.39 is 0 Å². The lowest BCUT2D eigenvalue weighted by Crippen LogP contribution is -2.16. The van der Waals surface area contributed by atoms with Crippen LogP contribution in [0.25, 0.3) is 5.69 Å². The van der Waals surface area contributed by atoms with Gasteiger partial charge < -0.3 is 4.74 Å². The summed E-state index contributed by atoms with van der Waals surface area (Å²) >= 11 is 8.15. The minimum Gasteiger partial charge on any atom is -0.376 e. The maximum atomic E-state index is 6.59. The van der Waals surface area contributed by atoms with Crippen LogP contribution in [0.4, 0.5) is 0 Å². The van der Waals surface area contributed by atoms with Gasteiger partial charge in [-0.1, -0.05) is 41.6 Å². The van der Waals surface area contributed by atoms with Crippen LogP contribution in [0.5, 0.6) is 0 Å². The van der Waals surface area contributed by atoms with Gasteiger partial charge in [0.15, 0.2) is 0 Å². The molecule has 136 valence electrons. The molecule has 0 saturated carbocycles. The van der Waals surface area contributed by atoms with Gasteiger partial charge in [0.1, 0.15) is 5.15 Å². The minimum absolute atomic E-state index is 0.198. The van der Waals surface area contributed by atoms with Gasteiger partial charge >= 0.3 is 0 Å². The highest BCUT2D eigenvalue weighted by atomic mass is 35.5. The quantitative estimate of drug-likeness (QED) is 0.601. The van der Waals surface area contributed by atoms with E-state index >= 15 is 0 Å². The van der Waals surface area contributed by atoms with Crippen LogP contribution in [0.3, 0.4) is 0 Å². The van der Waals surface area contributed by atoms with Gasteiger partial charge in [-0.25, -0.2) is 9.36 Å². The molecule has 0 aliphatic carbocycles. The second kappa shape index (κ2) is 7.77. The standard InChI is InChI=1S/C17H19ClN6OS/c1-12-15(16(18)24(20-12)13-6-3-2-4-7-13)11-26-17-19-21-22-23(17)10-14-8-5-9-25-14/h2-4,6-7,14H,5,8-11H2,1H3/t14-/m0/s1. The number of aromatic nitrogens is 6. The van der Waals surface area contributed by atoms with Crippen LogP contribution < -0.4 is 0 Å². The van der Waals surface area contributed by atoms with Crippen molar-refractivity contribution in [3.05, 3.63) is 46.7 Å². The van der Waals surface area contributed by atoms with E-state index in [9.17, 15) is 0 Å². The first-order valence-electron chi connectivity index (χ1n) is 8.52. The molecule has 1 atom stereocenters. The molecule has 2 aromatic heterocycles. The molecule has 1 fully saturated rings. The maximum absolute atomic E-state index is 6.59. The zero-order valence-corrected chi connectivity index (χ0v) is 15.9. The number of thioether (sulfide) groups is 1. The van der Waals surface area contributed by atoms with Crippen molar-refractivity contribution in [1.82, 2.24) is 30.0 Å². The molecule has 0 radical (unpaired) electrons. The first-order valence-corrected chi connectivity index (χ1v) is 9.88. The van der Waals surface area contributed by atoms with E-state index in [1.165, 1.54) is 0 Å². The highest BCUT2D eigenvalue weighted by Crippen LogP contribution is 2.29. The van der Waals surface area contributed by atoms with Crippen LogP contribution in [0.2, 0.25) is 5.15 Å². The summed E-state index contributed by atoms with van der Waals surface area (Å²) in [6.07, 6.45) is 2.35.